The van der Waals surface area contributed by atoms with E-state index in [2.05, 4.69) is 25.8 Å². The molecule has 8 nitrogen and oxygen atoms in total. The number of aromatic nitrogens is 3. The zero-order chi connectivity index (χ0) is 18.5. The molecule has 0 atom stereocenters. The number of hydrogen-bond donors (Lipinski definition) is 4. The number of carbonyl (C=O) groups excluding carboxylic acids is 1. The minimum atomic E-state index is -0.612. The summed E-state index contributed by atoms with van der Waals surface area (Å²) in [6, 6.07) is 10.7. The van der Waals surface area contributed by atoms with Crippen LogP contribution in [0.4, 0.5) is 17.3 Å². The Morgan fingerprint density at radius 3 is 2.85 bits per heavy atom. The topological polar surface area (TPSA) is 118 Å². The van der Waals surface area contributed by atoms with E-state index in [0.29, 0.717) is 34.8 Å². The van der Waals surface area contributed by atoms with Gasteiger partial charge in [-0.3, -0.25) is 9.89 Å². The molecule has 0 saturated heterocycles. The van der Waals surface area contributed by atoms with Crippen molar-refractivity contribution in [2.75, 3.05) is 17.7 Å². The second-order valence-electron chi connectivity index (χ2n) is 5.38. The molecular formula is C17H17ClN6O2. The van der Waals surface area contributed by atoms with Gasteiger partial charge in [-0.1, -0.05) is 23.7 Å². The van der Waals surface area contributed by atoms with Crippen molar-refractivity contribution in [3.8, 4) is 5.88 Å². The molecule has 5 N–H and O–H groups in total. The first-order valence-electron chi connectivity index (χ1n) is 7.70. The number of nitrogens with one attached hydrogen (secondary N) is 3. The number of benzene rings is 1. The average molecular weight is 373 g/mol. The zero-order valence-electron chi connectivity index (χ0n) is 13.9. The number of ether oxygens (including phenoxy) is 1. The van der Waals surface area contributed by atoms with Crippen LogP contribution in [0.15, 0.2) is 42.6 Å². The molecule has 0 saturated carbocycles. The largest absolute Gasteiger partial charge is 0.481 e. The molecule has 3 aromatic rings. The van der Waals surface area contributed by atoms with Gasteiger partial charge in [-0.05, 0) is 23.8 Å². The van der Waals surface area contributed by atoms with E-state index in [1.165, 1.54) is 0 Å². The number of anilines is 3. The first-order valence-corrected chi connectivity index (χ1v) is 8.08. The van der Waals surface area contributed by atoms with Crippen molar-refractivity contribution in [1.82, 2.24) is 15.2 Å². The van der Waals surface area contributed by atoms with Crippen LogP contribution in [0.1, 0.15) is 15.9 Å². The second kappa shape index (κ2) is 7.75. The second-order valence-corrected chi connectivity index (χ2v) is 5.82. The Morgan fingerprint density at radius 2 is 2.19 bits per heavy atom. The van der Waals surface area contributed by atoms with Crippen LogP contribution < -0.4 is 21.1 Å². The van der Waals surface area contributed by atoms with Crippen molar-refractivity contribution < 1.29 is 9.53 Å². The van der Waals surface area contributed by atoms with E-state index in [4.69, 9.17) is 22.1 Å². The highest BCUT2D eigenvalue weighted by Crippen LogP contribution is 2.26. The Bertz CT molecular complexity index is 910. The number of pyridine rings is 1. The Labute approximate surface area is 154 Å². The Kier molecular flexibility index (Phi) is 5.23. The molecule has 2 aromatic heterocycles. The van der Waals surface area contributed by atoms with E-state index in [0.717, 1.165) is 5.56 Å². The number of nitrogens with zero attached hydrogens (tertiary/aromatic N) is 2. The van der Waals surface area contributed by atoms with Gasteiger partial charge in [0.1, 0.15) is 11.4 Å². The molecule has 0 unspecified atom stereocenters. The molecule has 1 amide bonds. The number of hydrogen-bond acceptors (Lipinski definition) is 6. The van der Waals surface area contributed by atoms with Crippen LogP contribution in [0.5, 0.6) is 5.88 Å². The molecule has 0 fully saturated rings. The Balaban J connectivity index is 1.77. The summed E-state index contributed by atoms with van der Waals surface area (Å²) in [7, 11) is 1.55. The van der Waals surface area contributed by atoms with Crippen molar-refractivity contribution in [1.29, 1.82) is 0 Å². The molecular weight excluding hydrogens is 356 g/mol. The molecule has 0 bridgehead atoms. The lowest BCUT2D eigenvalue weighted by atomic mass is 10.2. The molecule has 0 aliphatic rings. The number of amides is 1. The predicted molar refractivity (Wildman–Crippen MR) is 100.0 cm³/mol. The standard InChI is InChI=1S/C17H17ClN6O2/c1-26-13-6-5-10(8-20-13)9-21-16-14(15(19)25)17(24-23-16)22-12-4-2-3-11(18)7-12/h2-8H,9H2,1H3,(H2,19,25)(H3,21,22,23,24). The maximum Gasteiger partial charge on any atom is 0.256 e. The van der Waals surface area contributed by atoms with Crippen LogP contribution >= 0.6 is 11.6 Å². The number of aromatic amines is 1. The van der Waals surface area contributed by atoms with Crippen LogP contribution in [0.25, 0.3) is 0 Å². The van der Waals surface area contributed by atoms with Gasteiger partial charge in [0, 0.05) is 29.5 Å². The number of primary amides is 1. The van der Waals surface area contributed by atoms with Gasteiger partial charge in [0.25, 0.3) is 5.91 Å². The average Bonchev–Trinajstić information content (AvgIpc) is 3.03. The van der Waals surface area contributed by atoms with Crippen molar-refractivity contribution in [3.63, 3.8) is 0 Å². The highest BCUT2D eigenvalue weighted by atomic mass is 35.5. The first-order chi connectivity index (χ1) is 12.6. The van der Waals surface area contributed by atoms with E-state index in [1.54, 1.807) is 37.6 Å². The van der Waals surface area contributed by atoms with Crippen molar-refractivity contribution in [3.05, 3.63) is 58.7 Å². The number of halogens is 1. The Morgan fingerprint density at radius 1 is 1.35 bits per heavy atom. The zero-order valence-corrected chi connectivity index (χ0v) is 14.7. The van der Waals surface area contributed by atoms with Crippen LogP contribution in [0, 0.1) is 0 Å². The molecule has 134 valence electrons. The molecule has 2 heterocycles. The van der Waals surface area contributed by atoms with Crippen molar-refractivity contribution >= 4 is 34.8 Å². The lowest BCUT2D eigenvalue weighted by Gasteiger charge is -2.08. The quantitative estimate of drug-likeness (QED) is 0.506. The third-order valence-corrected chi connectivity index (χ3v) is 3.81. The van der Waals surface area contributed by atoms with Gasteiger partial charge in [-0.15, -0.1) is 0 Å². The van der Waals surface area contributed by atoms with Gasteiger partial charge in [0.15, 0.2) is 5.82 Å². The van der Waals surface area contributed by atoms with Gasteiger partial charge < -0.3 is 21.1 Å². The van der Waals surface area contributed by atoms with E-state index in [-0.39, 0.29) is 5.56 Å². The predicted octanol–water partition coefficient (Wildman–Crippen LogP) is 2.92. The maximum atomic E-state index is 11.9. The highest BCUT2D eigenvalue weighted by Gasteiger charge is 2.18. The summed E-state index contributed by atoms with van der Waals surface area (Å²) >= 11 is 5.97. The summed E-state index contributed by atoms with van der Waals surface area (Å²) in [6.07, 6.45) is 1.67. The highest BCUT2D eigenvalue weighted by molar-refractivity contribution is 6.30. The fourth-order valence-electron chi connectivity index (χ4n) is 2.33. The summed E-state index contributed by atoms with van der Waals surface area (Å²) in [4.78, 5) is 16.0. The summed E-state index contributed by atoms with van der Waals surface area (Å²) in [6.45, 7) is 0.415. The van der Waals surface area contributed by atoms with Gasteiger partial charge in [0.05, 0.1) is 7.11 Å². The number of H-pyrrole nitrogens is 1. The molecule has 26 heavy (non-hydrogen) atoms. The van der Waals surface area contributed by atoms with Gasteiger partial charge in [0.2, 0.25) is 5.88 Å². The first kappa shape index (κ1) is 17.6. The number of nitrogens with two attached hydrogens (primary N) is 1. The van der Waals surface area contributed by atoms with E-state index >= 15 is 0 Å². The van der Waals surface area contributed by atoms with Crippen LogP contribution in [-0.2, 0) is 6.54 Å². The van der Waals surface area contributed by atoms with E-state index < -0.39 is 5.91 Å². The lowest BCUT2D eigenvalue weighted by Crippen LogP contribution is -2.15. The fourth-order valence-corrected chi connectivity index (χ4v) is 2.52. The minimum absolute atomic E-state index is 0.228. The smallest absolute Gasteiger partial charge is 0.256 e. The summed E-state index contributed by atoms with van der Waals surface area (Å²) in [5, 5.41) is 13.6. The minimum Gasteiger partial charge on any atom is -0.481 e. The number of methoxy groups -OCH3 is 1. The lowest BCUT2D eigenvalue weighted by molar-refractivity contribution is 0.100. The summed E-state index contributed by atoms with van der Waals surface area (Å²) in [5.41, 5.74) is 7.34. The van der Waals surface area contributed by atoms with Crippen LogP contribution in [-0.4, -0.2) is 28.2 Å². The summed E-state index contributed by atoms with van der Waals surface area (Å²) < 4.78 is 5.02. The van der Waals surface area contributed by atoms with Crippen molar-refractivity contribution in [2.24, 2.45) is 5.73 Å². The molecule has 3 rings (SSSR count). The molecule has 1 aromatic carbocycles. The van der Waals surface area contributed by atoms with E-state index in [1.807, 2.05) is 12.1 Å². The number of rotatable bonds is 7. The van der Waals surface area contributed by atoms with Gasteiger partial charge >= 0.3 is 0 Å². The molecule has 0 spiro atoms. The van der Waals surface area contributed by atoms with Gasteiger partial charge in [-0.2, -0.15) is 5.10 Å². The summed E-state index contributed by atoms with van der Waals surface area (Å²) in [5.74, 6) is 0.644. The molecule has 0 aliphatic carbocycles. The number of carbonyl (C=O) groups is 1. The van der Waals surface area contributed by atoms with Crippen LogP contribution in [0.2, 0.25) is 5.02 Å². The van der Waals surface area contributed by atoms with Crippen molar-refractivity contribution in [2.45, 2.75) is 6.54 Å². The monoisotopic (exact) mass is 372 g/mol. The third-order valence-electron chi connectivity index (χ3n) is 3.57. The Hall–Kier alpha value is -3.26. The normalized spacial score (nSPS) is 10.4. The van der Waals surface area contributed by atoms with Crippen LogP contribution in [0.3, 0.4) is 0 Å². The maximum absolute atomic E-state index is 11.9. The van der Waals surface area contributed by atoms with Gasteiger partial charge in [-0.25, -0.2) is 4.98 Å². The SMILES string of the molecule is COc1ccc(CNc2n[nH]c(Nc3cccc(Cl)c3)c2C(N)=O)cn1. The molecule has 0 aliphatic heterocycles. The fraction of sp³-hybridized carbons (Fsp3) is 0.118. The molecule has 9 heteroatoms. The molecule has 0 radical (unpaired) electrons. The van der Waals surface area contributed by atoms with E-state index in [9.17, 15) is 4.79 Å². The third kappa shape index (κ3) is 4.04.